The van der Waals surface area contributed by atoms with Crippen LogP contribution in [0.4, 0.5) is 58.2 Å². The van der Waals surface area contributed by atoms with Crippen molar-refractivity contribution in [2.24, 2.45) is 108 Å². The van der Waals surface area contributed by atoms with E-state index in [-0.39, 0.29) is 45.7 Å². The minimum atomic E-state index is -0.136. The maximum absolute atomic E-state index is 13.5. The van der Waals surface area contributed by atoms with Crippen molar-refractivity contribution in [2.75, 3.05) is 68.2 Å². The highest BCUT2D eigenvalue weighted by molar-refractivity contribution is 6.34. The number of allylic oxidation sites excluding steroid dienone is 2. The van der Waals surface area contributed by atoms with Gasteiger partial charge in [-0.25, -0.2) is 48.5 Å². The first-order valence-corrected chi connectivity index (χ1v) is 49.5. The van der Waals surface area contributed by atoms with Crippen LogP contribution in [0.2, 0.25) is 5.02 Å². The number of pyridine rings is 2. The minimum Gasteiger partial charge on any atom is -0.373 e. The second-order valence-corrected chi connectivity index (χ2v) is 45.7. The van der Waals surface area contributed by atoms with Crippen LogP contribution in [-0.2, 0) is 34.6 Å². The Labute approximate surface area is 781 Å². The predicted molar refractivity (Wildman–Crippen MR) is 511 cm³/mol. The van der Waals surface area contributed by atoms with Gasteiger partial charge in [-0.15, -0.1) is 0 Å². The van der Waals surface area contributed by atoms with Gasteiger partial charge in [0.05, 0.1) is 98.3 Å². The molecule has 10 aromatic heterocycles. The van der Waals surface area contributed by atoms with Crippen molar-refractivity contribution in [2.45, 2.75) is 223 Å². The van der Waals surface area contributed by atoms with Crippen LogP contribution in [0.3, 0.4) is 0 Å². The number of ether oxygens (including phenoxy) is 2. The number of hydrogen-bond donors (Lipinski definition) is 4. The van der Waals surface area contributed by atoms with Gasteiger partial charge in [-0.1, -0.05) is 87.8 Å². The van der Waals surface area contributed by atoms with Gasteiger partial charge in [0.1, 0.15) is 46.7 Å². The van der Waals surface area contributed by atoms with Crippen LogP contribution in [0.15, 0.2) is 142 Å². The molecule has 0 aromatic carbocycles. The van der Waals surface area contributed by atoms with Gasteiger partial charge < -0.3 is 50.3 Å². The summed E-state index contributed by atoms with van der Waals surface area (Å²) in [4.78, 5) is 83.0. The molecule has 12 atom stereocenters. The van der Waals surface area contributed by atoms with Crippen LogP contribution in [0.25, 0.3) is 33.6 Å². The van der Waals surface area contributed by atoms with Gasteiger partial charge in [0.15, 0.2) is 34.2 Å². The lowest BCUT2D eigenvalue weighted by Gasteiger charge is -2.63. The Morgan fingerprint density at radius 1 is 0.455 bits per heavy atom. The molecule has 33 heteroatoms. The number of halogens is 3. The van der Waals surface area contributed by atoms with Crippen LogP contribution in [-0.4, -0.2) is 138 Å². The summed E-state index contributed by atoms with van der Waals surface area (Å²) in [7, 11) is 7.83. The molecule has 688 valence electrons. The normalized spacial score (nSPS) is 35.6. The predicted octanol–water partition coefficient (Wildman–Crippen LogP) is 17.9. The Bertz CT molecular complexity index is 6710. The highest BCUT2D eigenvalue weighted by Crippen LogP contribution is 2.69. The van der Waals surface area contributed by atoms with Crippen molar-refractivity contribution < 1.29 is 9.47 Å². The SMILES string of the molecule is C=C1N(C)c2cnc(NC3=CC4CCOC4C=C3Cl)nc2N1C12CC3CC(CC(C)(C3)C1)C2.C=C1N(C)c2cnc(Nc3cn4ncnc4cc3C)nc2N1C12CC3CC(CC(C)(C3)C1)C2.CC1C2CC3CC1CC(n1c(=O)n(C)c4cnc(NC5=CC6CCOC6C=C5Cl)nc41)(C3)C2.CC1C2CC3CC1CC(n1c(=O)n(C)c4cnc(Nc5cn6ncnc6cc5Cl)nc41)(C3)C2. The molecule has 0 radical (unpaired) electrons. The summed E-state index contributed by atoms with van der Waals surface area (Å²) in [5.74, 6) is 15.9. The van der Waals surface area contributed by atoms with Crippen molar-refractivity contribution in [3.8, 4) is 0 Å². The van der Waals surface area contributed by atoms with Crippen molar-refractivity contribution in [3.63, 3.8) is 0 Å². The molecule has 22 aliphatic rings. The molecule has 16 bridgehead atoms. The summed E-state index contributed by atoms with van der Waals surface area (Å²) in [5, 5.41) is 23.6. The third-order valence-electron chi connectivity index (χ3n) is 35.7. The maximum Gasteiger partial charge on any atom is 0.330 e. The molecule has 18 aliphatic carbocycles. The number of aryl methyl sites for hydroxylation is 3. The van der Waals surface area contributed by atoms with Crippen LogP contribution in [0.1, 0.15) is 187 Å². The molecule has 0 amide bonds. The first-order valence-electron chi connectivity index (χ1n) is 48.4. The topological polar surface area (TPSA) is 297 Å². The Balaban J connectivity index is 0.0000000945. The summed E-state index contributed by atoms with van der Waals surface area (Å²) in [6, 6.07) is 3.76. The fourth-order valence-electron chi connectivity index (χ4n) is 31.3. The molecule has 14 heterocycles. The minimum absolute atomic E-state index is 0.00752. The number of imidazole rings is 2. The smallest absolute Gasteiger partial charge is 0.330 e. The summed E-state index contributed by atoms with van der Waals surface area (Å²) >= 11 is 19.6. The van der Waals surface area contributed by atoms with E-state index < -0.39 is 0 Å². The number of nitrogens with one attached hydrogen (secondary N) is 4. The lowest BCUT2D eigenvalue weighted by molar-refractivity contribution is -0.0802. The Hall–Kier alpha value is -10.3. The maximum atomic E-state index is 13.5. The van der Waals surface area contributed by atoms with Crippen LogP contribution >= 0.6 is 34.8 Å². The van der Waals surface area contributed by atoms with E-state index in [0.717, 1.165) is 197 Å². The Morgan fingerprint density at radius 2 is 0.848 bits per heavy atom. The standard InChI is InChI=1S/C26H32ClN5O.C25H30ClN5O2.C25H30N8.C23H25ClN8O/c1-15-31(3)21-13-28-24(29-20-7-18-4-5-33-22(18)8-19(20)27)30-23(21)32(15)26-11-16-6-17(12-26)10-25(2,9-16)14-26;1-13-16-5-14-6-17(13)11-25(9-14,10-16)31-22-20(30(2)24(31)32)12-27-23(29-22)28-19-7-15-3-4-33-21(15)8-18(19)26;1-15-5-21-27-14-28-32(21)12-19(15)29-23-26-11-20-22(30-23)33(16(2)31(20)4)25-9-17-6-18(10-25)8-24(3,7-17)13-25;1-12-14-3-13-4-15(12)8-23(6-13,7-14)32-20-18(30(2)22(32)33)9-25-21(29-20)28-17-10-31-19(5-16(17)24)26-11-27-31/h7-8,13,16-18,22H,1,4-6,9-12,14H2,2-3H3,(H,28,29,30);7-8,12-17,21H,3-6,9-11H2,1-2H3,(H,27,28,29);5,11-12,14,17-18H,2,6-10,13H2,1,3-4H3,(H,26,29,30);5,9-15H,3-4,6-8H2,1-2H3,(H,25,28,29). The molecule has 132 heavy (non-hydrogen) atoms. The summed E-state index contributed by atoms with van der Waals surface area (Å²) in [6.07, 6.45) is 52.1. The van der Waals surface area contributed by atoms with E-state index in [0.29, 0.717) is 96.3 Å². The van der Waals surface area contributed by atoms with E-state index in [1.807, 2.05) is 60.0 Å². The number of aromatic nitrogens is 18. The van der Waals surface area contributed by atoms with Gasteiger partial charge in [-0.3, -0.25) is 18.3 Å². The molecule has 2 saturated heterocycles. The lowest BCUT2D eigenvalue weighted by Crippen LogP contribution is -2.62. The Morgan fingerprint density at radius 3 is 1.30 bits per heavy atom. The number of nitrogens with zero attached hydrogens (tertiary/aromatic N) is 22. The largest absolute Gasteiger partial charge is 0.373 e. The average molecular weight is 1840 g/mol. The number of rotatable bonds is 12. The molecular formula is C99H117Cl3N26O4. The fraction of sp³-hybridized carbons (Fsp3) is 0.576. The monoisotopic (exact) mass is 1840 g/mol. The van der Waals surface area contributed by atoms with Crippen molar-refractivity contribution in [3.05, 3.63) is 164 Å². The molecule has 18 fully saturated rings. The zero-order chi connectivity index (χ0) is 90.0. The summed E-state index contributed by atoms with van der Waals surface area (Å²) < 4.78 is 22.4. The molecule has 10 aromatic rings. The van der Waals surface area contributed by atoms with Gasteiger partial charge in [0.25, 0.3) is 0 Å². The second kappa shape index (κ2) is 30.1. The van der Waals surface area contributed by atoms with E-state index in [1.165, 1.54) is 109 Å². The lowest BCUT2D eigenvalue weighted by atomic mass is 9.47. The van der Waals surface area contributed by atoms with Crippen molar-refractivity contribution >= 4 is 127 Å². The molecule has 4 N–H and O–H groups in total. The van der Waals surface area contributed by atoms with E-state index in [9.17, 15) is 9.59 Å². The molecule has 0 spiro atoms. The molecule has 4 aliphatic heterocycles. The van der Waals surface area contributed by atoms with Gasteiger partial charge in [0.2, 0.25) is 23.8 Å². The molecule has 12 unspecified atom stereocenters. The molecular weight excluding hydrogens is 1720 g/mol. The van der Waals surface area contributed by atoms with E-state index in [1.54, 1.807) is 49.1 Å². The number of fused-ring (bicyclic) bond motifs is 8. The van der Waals surface area contributed by atoms with E-state index in [2.05, 4.69) is 155 Å². The van der Waals surface area contributed by atoms with Crippen molar-refractivity contribution in [1.82, 2.24) is 87.3 Å². The number of anilines is 10. The zero-order valence-electron chi connectivity index (χ0n) is 76.7. The first kappa shape index (κ1) is 83.5. The average Bonchev–Trinajstić information content (AvgIpc) is 1.53. The molecule has 16 saturated carbocycles. The Kier molecular flexibility index (Phi) is 19.1. The summed E-state index contributed by atoms with van der Waals surface area (Å²) in [6.45, 7) is 22.5. The van der Waals surface area contributed by atoms with Crippen LogP contribution < -0.4 is 52.2 Å². The molecule has 30 nitrogen and oxygen atoms in total. The fourth-order valence-corrected chi connectivity index (χ4v) is 31.9. The first-order chi connectivity index (χ1) is 63.5. The third-order valence-corrected chi connectivity index (χ3v) is 36.7. The quantitative estimate of drug-likeness (QED) is 0.0883. The van der Waals surface area contributed by atoms with Crippen LogP contribution in [0.5, 0.6) is 0 Å². The van der Waals surface area contributed by atoms with Crippen LogP contribution in [0, 0.1) is 101 Å². The van der Waals surface area contributed by atoms with Gasteiger partial charge in [-0.2, -0.15) is 30.1 Å². The zero-order valence-corrected chi connectivity index (χ0v) is 79.0. The highest BCUT2D eigenvalue weighted by atomic mass is 35.5. The molecule has 32 rings (SSSR count). The second-order valence-electron chi connectivity index (χ2n) is 44.5. The summed E-state index contributed by atoms with van der Waals surface area (Å²) in [5.41, 5.74) is 11.8. The van der Waals surface area contributed by atoms with E-state index >= 15 is 0 Å². The van der Waals surface area contributed by atoms with Crippen molar-refractivity contribution in [1.29, 1.82) is 0 Å². The third kappa shape index (κ3) is 13.3. The van der Waals surface area contributed by atoms with E-state index in [4.69, 9.17) is 64.2 Å². The van der Waals surface area contributed by atoms with Gasteiger partial charge >= 0.3 is 11.4 Å². The van der Waals surface area contributed by atoms with Gasteiger partial charge in [0, 0.05) is 70.4 Å². The van der Waals surface area contributed by atoms with Gasteiger partial charge in [-0.05, 0) is 267 Å². The number of hydrogen-bond acceptors (Lipinski definition) is 24. The highest BCUT2D eigenvalue weighted by Gasteiger charge is 2.64.